The smallest absolute Gasteiger partial charge is 0.185 e. The Morgan fingerprint density at radius 2 is 1.59 bits per heavy atom. The van der Waals surface area contributed by atoms with E-state index >= 15 is 0 Å². The molecule has 0 saturated carbocycles. The Morgan fingerprint density at radius 1 is 1.06 bits per heavy atom. The van der Waals surface area contributed by atoms with Crippen LogP contribution in [0.2, 0.25) is 0 Å². The molecule has 1 aliphatic rings. The number of allylic oxidation sites excluding steroid dienone is 6. The van der Waals surface area contributed by atoms with Crippen molar-refractivity contribution < 1.29 is 9.59 Å². The molecule has 91 valence electrons. The molecule has 17 heavy (non-hydrogen) atoms. The fraction of sp³-hybridized carbons (Fsp3) is 0.400. The Balaban J connectivity index is 2.99. The highest BCUT2D eigenvalue weighted by Gasteiger charge is 2.27. The number of hydrogen-bond acceptors (Lipinski definition) is 2. The fourth-order valence-electron chi connectivity index (χ4n) is 1.88. The summed E-state index contributed by atoms with van der Waals surface area (Å²) in [5, 5.41) is 0. The highest BCUT2D eigenvalue weighted by Crippen LogP contribution is 2.27. The van der Waals surface area contributed by atoms with Gasteiger partial charge in [0.25, 0.3) is 0 Å². The molecule has 2 heteroatoms. The molecule has 0 aromatic rings. The number of hydrogen-bond donors (Lipinski definition) is 0. The van der Waals surface area contributed by atoms with E-state index in [1.54, 1.807) is 26.8 Å². The van der Waals surface area contributed by atoms with Crippen LogP contribution >= 0.6 is 0 Å². The minimum absolute atomic E-state index is 0.00774. The van der Waals surface area contributed by atoms with Crippen LogP contribution in [0.5, 0.6) is 0 Å². The summed E-state index contributed by atoms with van der Waals surface area (Å²) in [6.45, 7) is 10.9. The van der Waals surface area contributed by atoms with Crippen molar-refractivity contribution in [3.8, 4) is 0 Å². The standard InChI is InChI=1S/C15H19O2/c1-6-9(2)7-8-13-12(5)14(16)10(3)11(4)15(13)17/h6H,1,7-8H2,2-5H3/b9-6+. The molecule has 1 rings (SSSR count). The first kappa shape index (κ1) is 13.6. The van der Waals surface area contributed by atoms with Gasteiger partial charge in [-0.15, -0.1) is 0 Å². The Bertz CT molecular complexity index is 459. The van der Waals surface area contributed by atoms with Gasteiger partial charge in [-0.05, 0) is 47.5 Å². The van der Waals surface area contributed by atoms with Crippen molar-refractivity contribution >= 4 is 11.6 Å². The first-order valence-electron chi connectivity index (χ1n) is 5.81. The second-order valence-electron chi connectivity index (χ2n) is 4.56. The van der Waals surface area contributed by atoms with Crippen LogP contribution in [0.15, 0.2) is 33.9 Å². The lowest BCUT2D eigenvalue weighted by Gasteiger charge is -2.18. The van der Waals surface area contributed by atoms with E-state index in [0.717, 1.165) is 12.0 Å². The summed E-state index contributed by atoms with van der Waals surface area (Å²) in [4.78, 5) is 24.0. The van der Waals surface area contributed by atoms with Gasteiger partial charge in [-0.25, -0.2) is 0 Å². The molecule has 0 N–H and O–H groups in total. The largest absolute Gasteiger partial charge is 0.289 e. The molecule has 1 radical (unpaired) electrons. The third kappa shape index (κ3) is 2.63. The quantitative estimate of drug-likeness (QED) is 0.698. The summed E-state index contributed by atoms with van der Waals surface area (Å²) < 4.78 is 0. The second-order valence-corrected chi connectivity index (χ2v) is 4.56. The maximum Gasteiger partial charge on any atom is 0.185 e. The molecule has 0 atom stereocenters. The third-order valence-electron chi connectivity index (χ3n) is 3.43. The van der Waals surface area contributed by atoms with Crippen molar-refractivity contribution in [2.24, 2.45) is 0 Å². The van der Waals surface area contributed by atoms with Gasteiger partial charge in [-0.2, -0.15) is 0 Å². The van der Waals surface area contributed by atoms with E-state index in [9.17, 15) is 9.59 Å². The maximum atomic E-state index is 12.1. The minimum atomic E-state index is 0.00774. The zero-order valence-corrected chi connectivity index (χ0v) is 11.0. The summed E-state index contributed by atoms with van der Waals surface area (Å²) in [5.41, 5.74) is 3.58. The average molecular weight is 231 g/mol. The minimum Gasteiger partial charge on any atom is -0.289 e. The van der Waals surface area contributed by atoms with E-state index in [4.69, 9.17) is 0 Å². The number of ketones is 2. The summed E-state index contributed by atoms with van der Waals surface area (Å²) in [5.74, 6) is 0.0322. The summed E-state index contributed by atoms with van der Waals surface area (Å²) in [7, 11) is 0. The van der Waals surface area contributed by atoms with Crippen LogP contribution in [-0.2, 0) is 9.59 Å². The first-order valence-corrected chi connectivity index (χ1v) is 5.81. The molecule has 0 saturated heterocycles. The predicted molar refractivity (Wildman–Crippen MR) is 69.4 cm³/mol. The molecule has 1 aliphatic carbocycles. The lowest BCUT2D eigenvalue weighted by molar-refractivity contribution is -0.116. The molecular weight excluding hydrogens is 212 g/mol. The van der Waals surface area contributed by atoms with Crippen molar-refractivity contribution in [3.05, 3.63) is 40.9 Å². The molecule has 0 spiro atoms. The van der Waals surface area contributed by atoms with Crippen LogP contribution in [0.3, 0.4) is 0 Å². The fourth-order valence-corrected chi connectivity index (χ4v) is 1.88. The summed E-state index contributed by atoms with van der Waals surface area (Å²) in [6, 6.07) is 0. The molecule has 0 aromatic heterocycles. The van der Waals surface area contributed by atoms with E-state index in [1.807, 2.05) is 6.92 Å². The number of Topliss-reactive ketones (excluding diaryl/α,β-unsaturated/α-hetero) is 2. The normalized spacial score (nSPS) is 18.3. The Kier molecular flexibility index (Phi) is 4.22. The van der Waals surface area contributed by atoms with E-state index in [1.165, 1.54) is 0 Å². The number of carbonyl (C=O) groups excluding carboxylic acids is 2. The van der Waals surface area contributed by atoms with Crippen LogP contribution in [-0.4, -0.2) is 11.6 Å². The molecule has 0 aromatic carbocycles. The molecule has 0 fully saturated rings. The molecule has 2 nitrogen and oxygen atoms in total. The highest BCUT2D eigenvalue weighted by atomic mass is 16.1. The van der Waals surface area contributed by atoms with Crippen LogP contribution in [0, 0.1) is 6.92 Å². The molecule has 0 unspecified atom stereocenters. The van der Waals surface area contributed by atoms with Crippen molar-refractivity contribution in [2.75, 3.05) is 0 Å². The Hall–Kier alpha value is -1.44. The first-order chi connectivity index (χ1) is 7.90. The summed E-state index contributed by atoms with van der Waals surface area (Å²) >= 11 is 0. The SMILES string of the molecule is [CH2]/C=C(\C)CCC1=C(C)C(=O)C(C)=C(C)C1=O. The second kappa shape index (κ2) is 5.26. The lowest BCUT2D eigenvalue weighted by Crippen LogP contribution is -2.20. The van der Waals surface area contributed by atoms with Gasteiger partial charge < -0.3 is 0 Å². The van der Waals surface area contributed by atoms with Crippen molar-refractivity contribution in [2.45, 2.75) is 40.5 Å². The monoisotopic (exact) mass is 231 g/mol. The van der Waals surface area contributed by atoms with Gasteiger partial charge in [-0.3, -0.25) is 9.59 Å². The van der Waals surface area contributed by atoms with Gasteiger partial charge in [0.2, 0.25) is 0 Å². The molecule has 0 amide bonds. The zero-order valence-electron chi connectivity index (χ0n) is 11.0. The summed E-state index contributed by atoms with van der Waals surface area (Å²) in [6.07, 6.45) is 3.19. The third-order valence-corrected chi connectivity index (χ3v) is 3.43. The molecule has 0 aliphatic heterocycles. The van der Waals surface area contributed by atoms with Crippen molar-refractivity contribution in [1.82, 2.24) is 0 Å². The van der Waals surface area contributed by atoms with Gasteiger partial charge in [-0.1, -0.05) is 11.6 Å². The molecule has 0 heterocycles. The number of rotatable bonds is 3. The van der Waals surface area contributed by atoms with Crippen LogP contribution in [0.1, 0.15) is 40.5 Å². The Labute approximate surface area is 103 Å². The zero-order chi connectivity index (χ0) is 13.2. The van der Waals surface area contributed by atoms with Gasteiger partial charge in [0.1, 0.15) is 0 Å². The van der Waals surface area contributed by atoms with Gasteiger partial charge in [0, 0.05) is 22.3 Å². The molecular formula is C15H19O2. The maximum absolute atomic E-state index is 12.1. The molecule has 0 bridgehead atoms. The van der Waals surface area contributed by atoms with E-state index in [0.29, 0.717) is 28.7 Å². The highest BCUT2D eigenvalue weighted by molar-refractivity contribution is 6.24. The van der Waals surface area contributed by atoms with Crippen LogP contribution in [0.25, 0.3) is 0 Å². The van der Waals surface area contributed by atoms with E-state index in [2.05, 4.69) is 6.92 Å². The van der Waals surface area contributed by atoms with Gasteiger partial charge >= 0.3 is 0 Å². The van der Waals surface area contributed by atoms with Crippen LogP contribution < -0.4 is 0 Å². The topological polar surface area (TPSA) is 34.1 Å². The van der Waals surface area contributed by atoms with Crippen LogP contribution in [0.4, 0.5) is 0 Å². The van der Waals surface area contributed by atoms with Gasteiger partial charge in [0.15, 0.2) is 11.6 Å². The van der Waals surface area contributed by atoms with Crippen molar-refractivity contribution in [3.63, 3.8) is 0 Å². The van der Waals surface area contributed by atoms with E-state index in [-0.39, 0.29) is 11.6 Å². The lowest BCUT2D eigenvalue weighted by atomic mass is 9.83. The van der Waals surface area contributed by atoms with E-state index < -0.39 is 0 Å². The number of carbonyl (C=O) groups is 2. The van der Waals surface area contributed by atoms with Gasteiger partial charge in [0.05, 0.1) is 0 Å². The predicted octanol–water partition coefficient (Wildman–Crippen LogP) is 3.35. The van der Waals surface area contributed by atoms with Crippen molar-refractivity contribution in [1.29, 1.82) is 0 Å². The average Bonchev–Trinajstić information content (AvgIpc) is 2.33. The Morgan fingerprint density at radius 3 is 2.12 bits per heavy atom.